The number of carboxylic acid groups (broad SMARTS) is 1. The lowest BCUT2D eigenvalue weighted by Gasteiger charge is -2.15. The summed E-state index contributed by atoms with van der Waals surface area (Å²) in [6, 6.07) is 13.6. The number of ether oxygens (including phenoxy) is 2. The van der Waals surface area contributed by atoms with Crippen LogP contribution < -0.4 is 14.8 Å². The average Bonchev–Trinajstić information content (AvgIpc) is 2.62. The van der Waals surface area contributed by atoms with E-state index in [0.717, 1.165) is 11.3 Å². The minimum atomic E-state index is -0.954. The summed E-state index contributed by atoms with van der Waals surface area (Å²) >= 11 is 0. The van der Waals surface area contributed by atoms with Crippen LogP contribution in [0.3, 0.4) is 0 Å². The second kappa shape index (κ2) is 8.73. The number of carboxylic acids is 1. The van der Waals surface area contributed by atoms with Crippen molar-refractivity contribution in [2.24, 2.45) is 0 Å². The third-order valence-corrected chi connectivity index (χ3v) is 3.66. The first kappa shape index (κ1) is 18.3. The van der Waals surface area contributed by atoms with Gasteiger partial charge in [-0.15, -0.1) is 0 Å². The molecule has 2 aromatic carbocycles. The van der Waals surface area contributed by atoms with Crippen LogP contribution in [0.4, 0.5) is 0 Å². The Morgan fingerprint density at radius 1 is 1.04 bits per heavy atom. The minimum Gasteiger partial charge on any atom is -0.497 e. The summed E-state index contributed by atoms with van der Waals surface area (Å²) in [5, 5.41) is 11.7. The summed E-state index contributed by atoms with van der Waals surface area (Å²) in [4.78, 5) is 22.9. The van der Waals surface area contributed by atoms with Crippen LogP contribution >= 0.6 is 0 Å². The molecule has 6 nitrogen and oxygen atoms in total. The highest BCUT2D eigenvalue weighted by Gasteiger charge is 2.14. The Hall–Kier alpha value is -3.02. The molecule has 2 aromatic rings. The quantitative estimate of drug-likeness (QED) is 0.769. The molecule has 0 aromatic heterocycles. The Labute approximate surface area is 146 Å². The average molecular weight is 343 g/mol. The molecule has 2 N–H and O–H groups in total. The molecule has 1 amide bonds. The van der Waals surface area contributed by atoms with Gasteiger partial charge in [-0.3, -0.25) is 4.79 Å². The fraction of sp³-hybridized carbons (Fsp3) is 0.263. The number of aromatic carboxylic acids is 1. The monoisotopic (exact) mass is 343 g/mol. The van der Waals surface area contributed by atoms with E-state index in [-0.39, 0.29) is 11.5 Å². The van der Waals surface area contributed by atoms with Crippen LogP contribution in [0.2, 0.25) is 0 Å². The van der Waals surface area contributed by atoms with Gasteiger partial charge in [0.2, 0.25) is 0 Å². The van der Waals surface area contributed by atoms with E-state index in [2.05, 4.69) is 5.32 Å². The summed E-state index contributed by atoms with van der Waals surface area (Å²) in [6.45, 7) is 2.13. The first-order valence-electron chi connectivity index (χ1n) is 7.90. The van der Waals surface area contributed by atoms with Crippen molar-refractivity contribution in [1.29, 1.82) is 0 Å². The summed E-state index contributed by atoms with van der Waals surface area (Å²) in [5.74, 6) is 0.147. The van der Waals surface area contributed by atoms with E-state index in [1.54, 1.807) is 62.6 Å². The van der Waals surface area contributed by atoms with Gasteiger partial charge < -0.3 is 19.9 Å². The first-order valence-corrected chi connectivity index (χ1v) is 7.90. The topological polar surface area (TPSA) is 84.9 Å². The van der Waals surface area contributed by atoms with E-state index in [1.165, 1.54) is 0 Å². The smallest absolute Gasteiger partial charge is 0.335 e. The zero-order valence-electron chi connectivity index (χ0n) is 14.2. The first-order chi connectivity index (χ1) is 12.0. The Morgan fingerprint density at radius 3 is 2.20 bits per heavy atom. The van der Waals surface area contributed by atoms with E-state index in [0.29, 0.717) is 18.7 Å². The van der Waals surface area contributed by atoms with Crippen LogP contribution in [-0.2, 0) is 11.2 Å². The lowest BCUT2D eigenvalue weighted by molar-refractivity contribution is -0.127. The molecule has 1 unspecified atom stereocenters. The number of hydrogen-bond donors (Lipinski definition) is 2. The normalized spacial score (nSPS) is 11.4. The maximum Gasteiger partial charge on any atom is 0.335 e. The molecule has 0 radical (unpaired) electrons. The third-order valence-electron chi connectivity index (χ3n) is 3.66. The van der Waals surface area contributed by atoms with Crippen LogP contribution in [0, 0.1) is 0 Å². The van der Waals surface area contributed by atoms with Crippen molar-refractivity contribution < 1.29 is 24.2 Å². The van der Waals surface area contributed by atoms with Crippen LogP contribution in [0.5, 0.6) is 11.5 Å². The lowest BCUT2D eigenvalue weighted by Crippen LogP contribution is -2.37. The molecular formula is C19H21NO5. The van der Waals surface area contributed by atoms with Gasteiger partial charge in [-0.2, -0.15) is 0 Å². The molecule has 0 aliphatic rings. The molecule has 1 atom stereocenters. The van der Waals surface area contributed by atoms with Gasteiger partial charge in [-0.05, 0) is 55.3 Å². The van der Waals surface area contributed by atoms with Crippen molar-refractivity contribution in [3.63, 3.8) is 0 Å². The third kappa shape index (κ3) is 5.53. The van der Waals surface area contributed by atoms with Gasteiger partial charge in [0.05, 0.1) is 12.7 Å². The number of rotatable bonds is 8. The Kier molecular flexibility index (Phi) is 6.39. The van der Waals surface area contributed by atoms with Gasteiger partial charge in [-0.1, -0.05) is 12.1 Å². The zero-order valence-corrected chi connectivity index (χ0v) is 14.2. The highest BCUT2D eigenvalue weighted by atomic mass is 16.5. The number of nitrogens with one attached hydrogen (secondary N) is 1. The maximum absolute atomic E-state index is 12.1. The zero-order chi connectivity index (χ0) is 18.2. The molecule has 0 aliphatic heterocycles. The van der Waals surface area contributed by atoms with E-state index in [4.69, 9.17) is 14.6 Å². The molecule has 0 saturated heterocycles. The molecule has 0 spiro atoms. The molecular weight excluding hydrogens is 322 g/mol. The molecule has 0 heterocycles. The van der Waals surface area contributed by atoms with E-state index < -0.39 is 12.1 Å². The molecule has 0 bridgehead atoms. The number of benzene rings is 2. The summed E-state index contributed by atoms with van der Waals surface area (Å²) < 4.78 is 10.7. The van der Waals surface area contributed by atoms with Crippen LogP contribution in [-0.4, -0.2) is 36.7 Å². The van der Waals surface area contributed by atoms with Crippen molar-refractivity contribution in [3.05, 3.63) is 59.7 Å². The highest BCUT2D eigenvalue weighted by Crippen LogP contribution is 2.18. The van der Waals surface area contributed by atoms with Crippen LogP contribution in [0.15, 0.2) is 48.5 Å². The SMILES string of the molecule is COc1ccc(OC(C)C(=O)NCCc2ccc(C(=O)O)cc2)cc1. The Balaban J connectivity index is 1.77. The summed E-state index contributed by atoms with van der Waals surface area (Å²) in [5.41, 5.74) is 1.20. The highest BCUT2D eigenvalue weighted by molar-refractivity contribution is 5.87. The standard InChI is InChI=1S/C19H21NO5/c1-13(25-17-9-7-16(24-2)8-10-17)18(21)20-12-11-14-3-5-15(6-4-14)19(22)23/h3-10,13H,11-12H2,1-2H3,(H,20,21)(H,22,23). The number of methoxy groups -OCH3 is 1. The van der Waals surface area contributed by atoms with E-state index in [9.17, 15) is 9.59 Å². The summed E-state index contributed by atoms with van der Waals surface area (Å²) in [6.07, 6.45) is -0.0104. The molecule has 2 rings (SSSR count). The molecule has 0 fully saturated rings. The number of carbonyl (C=O) groups excluding carboxylic acids is 1. The van der Waals surface area contributed by atoms with E-state index in [1.807, 2.05) is 0 Å². The van der Waals surface area contributed by atoms with Gasteiger partial charge in [0.15, 0.2) is 6.10 Å². The molecule has 25 heavy (non-hydrogen) atoms. The molecule has 6 heteroatoms. The molecule has 0 saturated carbocycles. The molecule has 132 valence electrons. The van der Waals surface area contributed by atoms with Gasteiger partial charge in [-0.25, -0.2) is 4.79 Å². The molecule has 0 aliphatic carbocycles. The van der Waals surface area contributed by atoms with Crippen molar-refractivity contribution >= 4 is 11.9 Å². The Bertz CT molecular complexity index is 710. The Morgan fingerprint density at radius 2 is 1.64 bits per heavy atom. The minimum absolute atomic E-state index is 0.210. The van der Waals surface area contributed by atoms with Gasteiger partial charge in [0.1, 0.15) is 11.5 Å². The predicted molar refractivity (Wildman–Crippen MR) is 93.2 cm³/mol. The lowest BCUT2D eigenvalue weighted by atomic mass is 10.1. The van der Waals surface area contributed by atoms with Gasteiger partial charge in [0, 0.05) is 6.54 Å². The van der Waals surface area contributed by atoms with Gasteiger partial charge in [0.25, 0.3) is 5.91 Å². The maximum atomic E-state index is 12.1. The number of carbonyl (C=O) groups is 2. The second-order valence-corrected chi connectivity index (χ2v) is 5.48. The predicted octanol–water partition coefficient (Wildman–Crippen LogP) is 2.52. The van der Waals surface area contributed by atoms with Crippen LogP contribution in [0.1, 0.15) is 22.8 Å². The van der Waals surface area contributed by atoms with Crippen molar-refractivity contribution in [3.8, 4) is 11.5 Å². The largest absolute Gasteiger partial charge is 0.497 e. The summed E-state index contributed by atoms with van der Waals surface area (Å²) in [7, 11) is 1.58. The van der Waals surface area contributed by atoms with Gasteiger partial charge >= 0.3 is 5.97 Å². The van der Waals surface area contributed by atoms with Crippen LogP contribution in [0.25, 0.3) is 0 Å². The van der Waals surface area contributed by atoms with Crippen molar-refractivity contribution in [2.45, 2.75) is 19.4 Å². The van der Waals surface area contributed by atoms with Crippen molar-refractivity contribution in [2.75, 3.05) is 13.7 Å². The number of amides is 1. The second-order valence-electron chi connectivity index (χ2n) is 5.48. The fourth-order valence-corrected chi connectivity index (χ4v) is 2.20. The van der Waals surface area contributed by atoms with E-state index >= 15 is 0 Å². The van der Waals surface area contributed by atoms with Crippen molar-refractivity contribution in [1.82, 2.24) is 5.32 Å². The fourth-order valence-electron chi connectivity index (χ4n) is 2.20. The number of hydrogen-bond acceptors (Lipinski definition) is 4.